The molecule has 6 N–H and O–H groups in total. The van der Waals surface area contributed by atoms with Crippen molar-refractivity contribution in [3.63, 3.8) is 0 Å². The minimum absolute atomic E-state index is 0.00986. The molecule has 0 radical (unpaired) electrons. The molecule has 4 unspecified atom stereocenters. The highest BCUT2D eigenvalue weighted by atomic mass is 35.5. The number of halogens is 8. The summed E-state index contributed by atoms with van der Waals surface area (Å²) >= 11 is 22.9. The van der Waals surface area contributed by atoms with Gasteiger partial charge < -0.3 is 40.9 Å². The SMILES string of the molecule is CC(C)(C)C1CCOP(=O)(N(CCCl)CCCl)N1.CC(C)(C)CN(CCCl)CCCl.CC(C)(C)C[C@H]1CC(n2ccc(N)nc2=O)C(F)(F)[C@@H]1O.CC(C)(C)c1ccn(C2C[C@H](CO)[C@@H](O)C2(F)F)c(=O)n1.CC(C)(C)c1n[n+]([O-])c2ccccc2[n+]1[O-]. The number of para-hydroxylation sites is 2. The maximum Gasteiger partial charge on any atom is 0.382 e. The summed E-state index contributed by atoms with van der Waals surface area (Å²) in [5.41, 5.74) is 4.32. The zero-order valence-corrected chi connectivity index (χ0v) is 57.5. The molecular weight excluding hydrogens is 1260 g/mol. The van der Waals surface area contributed by atoms with Gasteiger partial charge in [0.2, 0.25) is 10.6 Å². The number of nitrogens with two attached hydrogens (primary N) is 1. The zero-order chi connectivity index (χ0) is 67.3. The second-order valence-corrected chi connectivity index (χ2v) is 31.6. The van der Waals surface area contributed by atoms with Crippen molar-refractivity contribution < 1.29 is 51.5 Å². The summed E-state index contributed by atoms with van der Waals surface area (Å²) in [4.78, 5) is 34.0. The van der Waals surface area contributed by atoms with Gasteiger partial charge in [-0.15, -0.1) is 46.4 Å². The van der Waals surface area contributed by atoms with E-state index in [9.17, 15) is 52.3 Å². The van der Waals surface area contributed by atoms with E-state index >= 15 is 0 Å². The maximum atomic E-state index is 14.3. The number of alkyl halides is 8. The van der Waals surface area contributed by atoms with E-state index in [0.717, 1.165) is 39.9 Å². The molecule has 1 saturated heterocycles. The van der Waals surface area contributed by atoms with E-state index in [4.69, 9.17) is 61.8 Å². The minimum Gasteiger partial charge on any atom is -0.710 e. The zero-order valence-electron chi connectivity index (χ0n) is 53.6. The van der Waals surface area contributed by atoms with Crippen molar-refractivity contribution in [2.75, 3.05) is 75.2 Å². The van der Waals surface area contributed by atoms with E-state index < -0.39 is 79.0 Å². The Morgan fingerprint density at radius 1 is 0.727 bits per heavy atom. The molecule has 4 aromatic rings. The van der Waals surface area contributed by atoms with Crippen LogP contribution in [0.25, 0.3) is 11.0 Å². The first-order chi connectivity index (χ1) is 40.3. The highest BCUT2D eigenvalue weighted by molar-refractivity contribution is 7.54. The quantitative estimate of drug-likeness (QED) is 0.0258. The lowest BCUT2D eigenvalue weighted by Crippen LogP contribution is -2.49. The Kier molecular flexibility index (Phi) is 28.9. The molecule has 20 nitrogen and oxygen atoms in total. The Morgan fingerprint density at radius 3 is 1.62 bits per heavy atom. The number of nitrogens with zero attached hydrogens (tertiary/aromatic N) is 9. The molecular formula is C59H96Cl4F4N11O9P. The molecule has 3 aromatic heterocycles. The standard InChI is InChI=1S/C14H21F2N3O2.C14H20F2N2O3.C11H23Cl2N2O2P.C11H13N3O2.C9H19Cl2N/c1-13(2,3)7-8-6-9(14(15,16)11(8)20)19-5-4-10(17)18-12(19)21;1-13(2,3)9-4-5-18(12(21)17-9)10-6-8(7-19)11(20)14(10,15)16;1-11(2,3)10-4-9-17-18(16,14-10)15(7-5-12)8-6-13;1-11(2,3)10-12-14(16)9-7-5-4-6-8(9)13(10)15;1-9(2,3)8-12(6-4-10)7-5-11/h4-5,8-9,11,20H,6-7H2,1-3H3,(H2,17,18,21);4-5,8,10-11,19-20H,6-7H2,1-3H3;10H,4-9H2,1-3H3,(H,14,16);4-7H,1-3H3;4-8H2,1-3H3/t8-,9?,11-;8-,10?,11-;;;/m11.../s1. The van der Waals surface area contributed by atoms with Crippen LogP contribution in [-0.4, -0.2) is 149 Å². The Balaban J connectivity index is 0.000000291. The second-order valence-electron chi connectivity index (χ2n) is 28.0. The molecule has 2 saturated carbocycles. The number of nitrogens with one attached hydrogen (secondary N) is 1. The third-order valence-corrected chi connectivity index (χ3v) is 17.8. The molecule has 502 valence electrons. The number of nitrogen functional groups attached to an aromatic ring is 1. The Bertz CT molecular complexity index is 3000. The van der Waals surface area contributed by atoms with Crippen molar-refractivity contribution in [3.8, 4) is 0 Å². The van der Waals surface area contributed by atoms with Gasteiger partial charge in [0.1, 0.15) is 30.1 Å². The van der Waals surface area contributed by atoms with Crippen LogP contribution in [0.1, 0.15) is 153 Å². The van der Waals surface area contributed by atoms with Crippen LogP contribution in [0.15, 0.2) is 58.4 Å². The van der Waals surface area contributed by atoms with Crippen molar-refractivity contribution in [1.29, 1.82) is 0 Å². The second kappa shape index (κ2) is 32.4. The molecule has 3 fully saturated rings. The fraction of sp³-hybridized carbons (Fsp3) is 0.746. The van der Waals surface area contributed by atoms with Gasteiger partial charge in [0.25, 0.3) is 11.8 Å². The van der Waals surface area contributed by atoms with Crippen LogP contribution >= 0.6 is 54.1 Å². The van der Waals surface area contributed by atoms with Gasteiger partial charge in [-0.1, -0.05) is 95.2 Å². The molecule has 29 heteroatoms. The molecule has 8 atom stereocenters. The number of anilines is 1. The van der Waals surface area contributed by atoms with E-state index in [1.54, 1.807) is 28.9 Å². The van der Waals surface area contributed by atoms with Gasteiger partial charge in [0.05, 0.1) is 22.6 Å². The van der Waals surface area contributed by atoms with Gasteiger partial charge in [0.15, 0.2) is 0 Å². The lowest BCUT2D eigenvalue weighted by Gasteiger charge is -2.41. The highest BCUT2D eigenvalue weighted by Gasteiger charge is 2.59. The molecule has 1 aliphatic heterocycles. The van der Waals surface area contributed by atoms with Crippen LogP contribution in [0.4, 0.5) is 23.4 Å². The van der Waals surface area contributed by atoms with Gasteiger partial charge in [-0.2, -0.15) is 9.97 Å². The summed E-state index contributed by atoms with van der Waals surface area (Å²) in [7, 11) is -2.99. The van der Waals surface area contributed by atoms with Crippen molar-refractivity contribution in [3.05, 3.63) is 91.7 Å². The third kappa shape index (κ3) is 22.1. The molecule has 2 aliphatic carbocycles. The van der Waals surface area contributed by atoms with Gasteiger partial charge in [-0.3, -0.25) is 13.7 Å². The van der Waals surface area contributed by atoms with E-state index in [-0.39, 0.29) is 52.3 Å². The van der Waals surface area contributed by atoms with Crippen molar-refractivity contribution in [2.45, 2.75) is 183 Å². The maximum absolute atomic E-state index is 14.3. The summed E-state index contributed by atoms with van der Waals surface area (Å²) in [6, 6.07) is 6.77. The van der Waals surface area contributed by atoms with E-state index in [1.807, 2.05) is 62.3 Å². The number of benzene rings is 1. The molecule has 0 spiro atoms. The van der Waals surface area contributed by atoms with Crippen LogP contribution in [0.3, 0.4) is 0 Å². The lowest BCUT2D eigenvalue weighted by atomic mass is 9.83. The van der Waals surface area contributed by atoms with Gasteiger partial charge >= 0.3 is 30.4 Å². The van der Waals surface area contributed by atoms with Crippen LogP contribution in [0.5, 0.6) is 0 Å². The van der Waals surface area contributed by atoms with Crippen molar-refractivity contribution in [1.82, 2.24) is 38.9 Å². The Labute approximate surface area is 536 Å². The summed E-state index contributed by atoms with van der Waals surface area (Å²) in [6.07, 6.45) is -0.0116. The summed E-state index contributed by atoms with van der Waals surface area (Å²) in [6.45, 7) is 33.9. The number of aromatic nitrogens is 7. The molecule has 3 aliphatic rings. The van der Waals surface area contributed by atoms with Crippen molar-refractivity contribution in [2.24, 2.45) is 28.1 Å². The van der Waals surface area contributed by atoms with Crippen LogP contribution < -0.4 is 31.8 Å². The predicted molar refractivity (Wildman–Crippen MR) is 341 cm³/mol. The first-order valence-corrected chi connectivity index (χ1v) is 33.1. The van der Waals surface area contributed by atoms with Crippen LogP contribution in [0, 0.1) is 38.5 Å². The molecule has 88 heavy (non-hydrogen) atoms. The average molecular weight is 1350 g/mol. The number of hydrogen-bond acceptors (Lipinski definition) is 14. The number of rotatable bonds is 14. The summed E-state index contributed by atoms with van der Waals surface area (Å²) in [5.74, 6) is -5.93. The first-order valence-electron chi connectivity index (χ1n) is 29.4. The normalized spacial score (nSPS) is 23.7. The molecule has 7 rings (SSSR count). The van der Waals surface area contributed by atoms with Crippen LogP contribution in [-0.2, 0) is 19.9 Å². The number of aliphatic hydroxyl groups excluding tert-OH is 3. The molecule has 4 heterocycles. The van der Waals surface area contributed by atoms with E-state index in [0.29, 0.717) is 71.1 Å². The number of fused-ring (bicyclic) bond motifs is 1. The first kappa shape index (κ1) is 78.7. The monoisotopic (exact) mass is 1350 g/mol. The van der Waals surface area contributed by atoms with E-state index in [1.165, 1.54) is 24.5 Å². The van der Waals surface area contributed by atoms with Crippen LogP contribution in [0.2, 0.25) is 0 Å². The summed E-state index contributed by atoms with van der Waals surface area (Å²) < 4.78 is 79.4. The number of hydrogen-bond donors (Lipinski definition) is 5. The summed E-state index contributed by atoms with van der Waals surface area (Å²) in [5, 5.41) is 59.2. The topological polar surface area (TPSA) is 268 Å². The minimum atomic E-state index is -3.47. The fourth-order valence-corrected chi connectivity index (χ4v) is 13.8. The average Bonchev–Trinajstić information content (AvgIpc) is 1.55. The molecule has 1 aromatic carbocycles. The smallest absolute Gasteiger partial charge is 0.382 e. The van der Waals surface area contributed by atoms with Gasteiger partial charge in [0, 0.05) is 98.7 Å². The number of aliphatic hydroxyl groups is 3. The third-order valence-electron chi connectivity index (χ3n) is 14.8. The van der Waals surface area contributed by atoms with Crippen molar-refractivity contribution >= 4 is 70.9 Å². The highest BCUT2D eigenvalue weighted by Crippen LogP contribution is 2.52. The fourth-order valence-electron chi connectivity index (χ4n) is 10.3. The Morgan fingerprint density at radius 2 is 1.20 bits per heavy atom. The lowest BCUT2D eigenvalue weighted by molar-refractivity contribution is -0.687. The predicted octanol–water partition coefficient (Wildman–Crippen LogP) is 9.82. The largest absolute Gasteiger partial charge is 0.710 e. The van der Waals surface area contributed by atoms with Gasteiger partial charge in [-0.25, -0.2) is 41.6 Å². The van der Waals surface area contributed by atoms with E-state index in [2.05, 4.69) is 66.6 Å². The van der Waals surface area contributed by atoms with Gasteiger partial charge in [-0.05, 0) is 86.8 Å². The molecule has 0 amide bonds. The Hall–Kier alpha value is -3.52. The molecule has 0 bridgehead atoms.